The normalized spacial score (nSPS) is 10.4. The maximum absolute atomic E-state index is 5.84. The van der Waals surface area contributed by atoms with E-state index in [1.54, 1.807) is 7.11 Å². The van der Waals surface area contributed by atoms with Gasteiger partial charge in [0.2, 0.25) is 0 Å². The molecule has 18 heavy (non-hydrogen) atoms. The molecule has 3 nitrogen and oxygen atoms in total. The van der Waals surface area contributed by atoms with Crippen LogP contribution in [0.15, 0.2) is 16.6 Å². The fourth-order valence-electron chi connectivity index (χ4n) is 1.48. The van der Waals surface area contributed by atoms with E-state index < -0.39 is 0 Å². The van der Waals surface area contributed by atoms with Crippen molar-refractivity contribution in [2.45, 2.75) is 19.2 Å². The Kier molecular flexibility index (Phi) is 7.47. The molecule has 0 N–H and O–H groups in total. The lowest BCUT2D eigenvalue weighted by Crippen LogP contribution is -2.04. The lowest BCUT2D eigenvalue weighted by molar-refractivity contribution is 0.169. The van der Waals surface area contributed by atoms with Crippen LogP contribution in [0.3, 0.4) is 0 Å². The van der Waals surface area contributed by atoms with Gasteiger partial charge < -0.3 is 14.2 Å². The minimum atomic E-state index is 0.447. The van der Waals surface area contributed by atoms with Gasteiger partial charge in [-0.1, -0.05) is 0 Å². The Morgan fingerprint density at radius 1 is 1.22 bits per heavy atom. The Bertz CT molecular complexity index is 371. The lowest BCUT2D eigenvalue weighted by Gasteiger charge is -2.14. The smallest absolute Gasteiger partial charge is 0.175 e. The van der Waals surface area contributed by atoms with Gasteiger partial charge in [-0.15, -0.1) is 11.6 Å². The van der Waals surface area contributed by atoms with Gasteiger partial charge in [-0.05, 0) is 40.5 Å². The van der Waals surface area contributed by atoms with E-state index in [4.69, 9.17) is 25.8 Å². The average Bonchev–Trinajstić information content (AvgIpc) is 2.37. The molecule has 0 atom stereocenters. The SMILES string of the molecule is CCOc1cc(CCl)cc(Br)c1OCCCOC. The zero-order valence-electron chi connectivity index (χ0n) is 10.7. The molecule has 0 amide bonds. The first kappa shape index (κ1) is 15.6. The maximum Gasteiger partial charge on any atom is 0.175 e. The highest BCUT2D eigenvalue weighted by Gasteiger charge is 2.11. The monoisotopic (exact) mass is 336 g/mol. The molecule has 0 fully saturated rings. The molecule has 0 radical (unpaired) electrons. The van der Waals surface area contributed by atoms with E-state index in [1.807, 2.05) is 19.1 Å². The molecule has 102 valence electrons. The van der Waals surface area contributed by atoms with Gasteiger partial charge in [0.25, 0.3) is 0 Å². The van der Waals surface area contributed by atoms with Crippen molar-refractivity contribution in [2.75, 3.05) is 26.9 Å². The van der Waals surface area contributed by atoms with Crippen molar-refractivity contribution in [1.82, 2.24) is 0 Å². The second-order valence-electron chi connectivity index (χ2n) is 3.67. The third-order valence-corrected chi connectivity index (χ3v) is 3.16. The molecule has 1 aromatic carbocycles. The number of halogens is 2. The molecular formula is C13H18BrClO3. The Labute approximate surface area is 121 Å². The molecule has 1 aromatic rings. The van der Waals surface area contributed by atoms with Crippen LogP contribution >= 0.6 is 27.5 Å². The fourth-order valence-corrected chi connectivity index (χ4v) is 2.24. The van der Waals surface area contributed by atoms with Gasteiger partial charge in [0.1, 0.15) is 0 Å². The summed E-state index contributed by atoms with van der Waals surface area (Å²) in [4.78, 5) is 0. The molecule has 0 unspecified atom stereocenters. The van der Waals surface area contributed by atoms with Gasteiger partial charge in [-0.25, -0.2) is 0 Å². The first-order valence-electron chi connectivity index (χ1n) is 5.85. The number of methoxy groups -OCH3 is 1. The van der Waals surface area contributed by atoms with Crippen molar-refractivity contribution in [2.24, 2.45) is 0 Å². The topological polar surface area (TPSA) is 27.7 Å². The van der Waals surface area contributed by atoms with Crippen LogP contribution in [0, 0.1) is 0 Å². The van der Waals surface area contributed by atoms with Crippen molar-refractivity contribution in [1.29, 1.82) is 0 Å². The van der Waals surface area contributed by atoms with Crippen LogP contribution in [0.4, 0.5) is 0 Å². The number of rotatable bonds is 8. The molecule has 0 bridgehead atoms. The first-order valence-corrected chi connectivity index (χ1v) is 7.18. The zero-order chi connectivity index (χ0) is 13.4. The van der Waals surface area contributed by atoms with Crippen molar-refractivity contribution < 1.29 is 14.2 Å². The predicted octanol–water partition coefficient (Wildman–Crippen LogP) is 4.00. The highest BCUT2D eigenvalue weighted by Crippen LogP contribution is 2.37. The molecule has 1 rings (SSSR count). The number of benzene rings is 1. The van der Waals surface area contributed by atoms with Gasteiger partial charge in [0.15, 0.2) is 11.5 Å². The second-order valence-corrected chi connectivity index (χ2v) is 4.79. The number of hydrogen-bond acceptors (Lipinski definition) is 3. The number of hydrogen-bond donors (Lipinski definition) is 0. The van der Waals surface area contributed by atoms with Gasteiger partial charge in [-0.3, -0.25) is 0 Å². The molecule has 0 spiro atoms. The summed E-state index contributed by atoms with van der Waals surface area (Å²) in [5, 5.41) is 0. The van der Waals surface area contributed by atoms with E-state index >= 15 is 0 Å². The summed E-state index contributed by atoms with van der Waals surface area (Å²) in [6.07, 6.45) is 0.839. The zero-order valence-corrected chi connectivity index (χ0v) is 13.0. The standard InChI is InChI=1S/C13H18BrClO3/c1-3-17-12-8-10(9-15)7-11(14)13(12)18-6-4-5-16-2/h7-8H,3-6,9H2,1-2H3. The predicted molar refractivity (Wildman–Crippen MR) is 76.9 cm³/mol. The minimum Gasteiger partial charge on any atom is -0.490 e. The summed E-state index contributed by atoms with van der Waals surface area (Å²) in [7, 11) is 1.68. The molecule has 0 heterocycles. The summed E-state index contributed by atoms with van der Waals surface area (Å²) >= 11 is 9.32. The lowest BCUT2D eigenvalue weighted by atomic mass is 10.2. The summed E-state index contributed by atoms with van der Waals surface area (Å²) in [6.45, 7) is 3.80. The van der Waals surface area contributed by atoms with E-state index in [0.717, 1.165) is 28.0 Å². The van der Waals surface area contributed by atoms with Crippen LogP contribution in [-0.2, 0) is 10.6 Å². The molecule has 0 saturated carbocycles. The van der Waals surface area contributed by atoms with E-state index in [9.17, 15) is 0 Å². The summed E-state index contributed by atoms with van der Waals surface area (Å²) in [5.41, 5.74) is 0.997. The van der Waals surface area contributed by atoms with Gasteiger partial charge in [0.05, 0.1) is 17.7 Å². The Morgan fingerprint density at radius 2 is 2.00 bits per heavy atom. The van der Waals surface area contributed by atoms with Crippen molar-refractivity contribution >= 4 is 27.5 Å². The van der Waals surface area contributed by atoms with Gasteiger partial charge >= 0.3 is 0 Å². The van der Waals surface area contributed by atoms with E-state index in [0.29, 0.717) is 25.7 Å². The Balaban J connectivity index is 2.79. The average molecular weight is 338 g/mol. The van der Waals surface area contributed by atoms with Gasteiger partial charge in [0, 0.05) is 26.0 Å². The van der Waals surface area contributed by atoms with Crippen LogP contribution in [0.5, 0.6) is 11.5 Å². The van der Waals surface area contributed by atoms with E-state index in [1.165, 1.54) is 0 Å². The van der Waals surface area contributed by atoms with Crippen LogP contribution in [0.1, 0.15) is 18.9 Å². The third-order valence-electron chi connectivity index (χ3n) is 2.26. The molecular weight excluding hydrogens is 319 g/mol. The van der Waals surface area contributed by atoms with E-state index in [2.05, 4.69) is 15.9 Å². The van der Waals surface area contributed by atoms with Gasteiger partial charge in [-0.2, -0.15) is 0 Å². The Hall–Kier alpha value is -0.450. The molecule has 0 aliphatic rings. The van der Waals surface area contributed by atoms with Crippen LogP contribution in [0.25, 0.3) is 0 Å². The quantitative estimate of drug-likeness (QED) is 0.530. The van der Waals surface area contributed by atoms with E-state index in [-0.39, 0.29) is 0 Å². The highest BCUT2D eigenvalue weighted by atomic mass is 79.9. The van der Waals surface area contributed by atoms with Crippen LogP contribution in [0.2, 0.25) is 0 Å². The first-order chi connectivity index (χ1) is 8.72. The van der Waals surface area contributed by atoms with Crippen molar-refractivity contribution in [3.8, 4) is 11.5 Å². The largest absolute Gasteiger partial charge is 0.490 e. The third kappa shape index (κ3) is 4.67. The Morgan fingerprint density at radius 3 is 2.61 bits per heavy atom. The number of ether oxygens (including phenoxy) is 3. The summed E-state index contributed by atoms with van der Waals surface area (Å²) < 4.78 is 17.1. The van der Waals surface area contributed by atoms with Crippen molar-refractivity contribution in [3.05, 3.63) is 22.2 Å². The number of alkyl halides is 1. The molecule has 0 aliphatic carbocycles. The summed E-state index contributed by atoms with van der Waals surface area (Å²) in [6, 6.07) is 3.86. The molecule has 0 saturated heterocycles. The highest BCUT2D eigenvalue weighted by molar-refractivity contribution is 9.10. The van der Waals surface area contributed by atoms with Crippen LogP contribution < -0.4 is 9.47 Å². The minimum absolute atomic E-state index is 0.447. The second kappa shape index (κ2) is 8.62. The molecule has 5 heteroatoms. The maximum atomic E-state index is 5.84. The molecule has 0 aliphatic heterocycles. The summed E-state index contributed by atoms with van der Waals surface area (Å²) in [5.74, 6) is 1.89. The van der Waals surface area contributed by atoms with Crippen LogP contribution in [-0.4, -0.2) is 26.9 Å². The van der Waals surface area contributed by atoms with Crippen molar-refractivity contribution in [3.63, 3.8) is 0 Å². The fraction of sp³-hybridized carbons (Fsp3) is 0.538. The molecule has 0 aromatic heterocycles.